The average Bonchev–Trinajstić information content (AvgIpc) is 3.28. The molecule has 268 valence electrons. The molecule has 0 amide bonds. The van der Waals surface area contributed by atoms with Crippen molar-refractivity contribution in [1.82, 2.24) is 0 Å². The van der Waals surface area contributed by atoms with E-state index in [1.54, 1.807) is 0 Å². The minimum Gasteiger partial charge on any atom is -0.309 e. The molecular formula is C54H41OP. The van der Waals surface area contributed by atoms with Crippen molar-refractivity contribution in [1.29, 1.82) is 0 Å². The number of hydrogen-bond donors (Lipinski definition) is 0. The molecule has 0 fully saturated rings. The maximum atomic E-state index is 15.1. The Labute approximate surface area is 329 Å². The number of hydrogen-bond acceptors (Lipinski definition) is 1. The predicted molar refractivity (Wildman–Crippen MR) is 241 cm³/mol. The van der Waals surface area contributed by atoms with Crippen LogP contribution >= 0.6 is 7.14 Å². The first-order chi connectivity index (χ1) is 27.6. The van der Waals surface area contributed by atoms with Crippen LogP contribution in [0.1, 0.15) is 36.0 Å². The van der Waals surface area contributed by atoms with Gasteiger partial charge in [0, 0.05) is 15.9 Å². The fourth-order valence-electron chi connectivity index (χ4n) is 8.81. The summed E-state index contributed by atoms with van der Waals surface area (Å²) in [7, 11) is -3.08. The second kappa shape index (κ2) is 14.4. The normalized spacial score (nSPS) is 13.8. The van der Waals surface area contributed by atoms with Crippen molar-refractivity contribution in [2.45, 2.75) is 25.7 Å². The Balaban J connectivity index is 1.16. The van der Waals surface area contributed by atoms with Gasteiger partial charge in [-0.3, -0.25) is 0 Å². The zero-order valence-electron chi connectivity index (χ0n) is 31.2. The standard InChI is InChI=1S/C54H41OP/c55-56(46-18-6-2-7-19-46,47-20-8-3-9-21-47)48-33-30-41(31-34-48)44-32-35-51-52(37-44)54(45-29-26-39-16-10-11-17-43(39)36-45)50-23-13-12-22-49(50)53(51)42-27-24-40(25-28-42)38-14-4-1-5-15-38/h2-4,6-9,11-15,17-37H,1,5,10,16H2. The molecule has 0 bridgehead atoms. The number of benzene rings is 8. The van der Waals surface area contributed by atoms with Crippen LogP contribution in [-0.2, 0) is 11.0 Å². The molecule has 56 heavy (non-hydrogen) atoms. The summed E-state index contributed by atoms with van der Waals surface area (Å²) in [6.45, 7) is 0. The van der Waals surface area contributed by atoms with E-state index in [1.807, 2.05) is 60.7 Å². The van der Waals surface area contributed by atoms with Gasteiger partial charge in [0.1, 0.15) is 0 Å². The van der Waals surface area contributed by atoms with E-state index in [9.17, 15) is 0 Å². The second-order valence-corrected chi connectivity index (χ2v) is 17.7. The zero-order chi connectivity index (χ0) is 37.5. The van der Waals surface area contributed by atoms with Gasteiger partial charge < -0.3 is 4.57 Å². The number of fused-ring (bicyclic) bond motifs is 3. The van der Waals surface area contributed by atoms with Crippen molar-refractivity contribution in [3.63, 3.8) is 0 Å². The van der Waals surface area contributed by atoms with Crippen molar-refractivity contribution >= 4 is 56.2 Å². The molecule has 0 saturated heterocycles. The lowest BCUT2D eigenvalue weighted by atomic mass is 9.83. The van der Waals surface area contributed by atoms with Gasteiger partial charge in [0.2, 0.25) is 0 Å². The van der Waals surface area contributed by atoms with E-state index in [0.717, 1.165) is 52.7 Å². The molecule has 0 radical (unpaired) electrons. The van der Waals surface area contributed by atoms with Crippen LogP contribution in [0.25, 0.3) is 66.6 Å². The lowest BCUT2D eigenvalue weighted by Crippen LogP contribution is -2.24. The van der Waals surface area contributed by atoms with Crippen molar-refractivity contribution in [3.8, 4) is 33.4 Å². The molecular weight excluding hydrogens is 696 g/mol. The Morgan fingerprint density at radius 3 is 1.62 bits per heavy atom. The second-order valence-electron chi connectivity index (χ2n) is 15.0. The van der Waals surface area contributed by atoms with Crippen molar-refractivity contribution < 1.29 is 4.57 Å². The number of allylic oxidation sites excluding steroid dienone is 5. The Hall–Kier alpha value is -6.27. The topological polar surface area (TPSA) is 17.1 Å². The summed E-state index contributed by atoms with van der Waals surface area (Å²) in [6, 6.07) is 60.3. The molecule has 0 heterocycles. The number of rotatable bonds is 7. The molecule has 10 rings (SSSR count). The van der Waals surface area contributed by atoms with E-state index < -0.39 is 7.14 Å². The Morgan fingerprint density at radius 2 is 0.946 bits per heavy atom. The van der Waals surface area contributed by atoms with Gasteiger partial charge in [0.15, 0.2) is 7.14 Å². The fraction of sp³-hybridized carbons (Fsp3) is 0.0741. The van der Waals surface area contributed by atoms with E-state index in [0.29, 0.717) is 0 Å². The van der Waals surface area contributed by atoms with E-state index in [4.69, 9.17) is 0 Å². The highest BCUT2D eigenvalue weighted by Gasteiger charge is 2.29. The molecule has 0 atom stereocenters. The summed E-state index contributed by atoms with van der Waals surface area (Å²) in [5, 5.41) is 7.47. The summed E-state index contributed by atoms with van der Waals surface area (Å²) in [4.78, 5) is 0. The molecule has 2 heteroatoms. The highest BCUT2D eigenvalue weighted by molar-refractivity contribution is 7.85. The minimum atomic E-state index is -3.08. The van der Waals surface area contributed by atoms with E-state index >= 15 is 4.57 Å². The van der Waals surface area contributed by atoms with Gasteiger partial charge in [-0.1, -0.05) is 188 Å². The van der Waals surface area contributed by atoms with Gasteiger partial charge in [0.25, 0.3) is 0 Å². The largest absolute Gasteiger partial charge is 0.309 e. The molecule has 2 aliphatic rings. The first-order valence-corrected chi connectivity index (χ1v) is 21.4. The smallest absolute Gasteiger partial charge is 0.171 e. The van der Waals surface area contributed by atoms with Crippen LogP contribution in [0.15, 0.2) is 194 Å². The van der Waals surface area contributed by atoms with E-state index in [1.165, 1.54) is 66.1 Å². The first-order valence-electron chi connectivity index (χ1n) is 19.7. The van der Waals surface area contributed by atoms with Crippen LogP contribution in [0, 0.1) is 0 Å². The molecule has 8 aromatic rings. The molecule has 0 N–H and O–H groups in total. The van der Waals surface area contributed by atoms with Crippen LogP contribution in [0.3, 0.4) is 0 Å². The molecule has 8 aromatic carbocycles. The van der Waals surface area contributed by atoms with Crippen molar-refractivity contribution in [2.75, 3.05) is 0 Å². The minimum absolute atomic E-state index is 0.832. The van der Waals surface area contributed by atoms with Crippen LogP contribution in [0.2, 0.25) is 0 Å². The van der Waals surface area contributed by atoms with Crippen molar-refractivity contribution in [2.24, 2.45) is 0 Å². The summed E-state index contributed by atoms with van der Waals surface area (Å²) in [5.74, 6) is 0. The van der Waals surface area contributed by atoms with Gasteiger partial charge in [-0.2, -0.15) is 0 Å². The summed E-state index contributed by atoms with van der Waals surface area (Å²) in [6.07, 6.45) is 15.8. The summed E-state index contributed by atoms with van der Waals surface area (Å²) >= 11 is 0. The molecule has 2 aliphatic carbocycles. The van der Waals surface area contributed by atoms with Gasteiger partial charge >= 0.3 is 0 Å². The van der Waals surface area contributed by atoms with Gasteiger partial charge in [-0.05, 0) is 115 Å². The first kappa shape index (κ1) is 34.2. The maximum Gasteiger partial charge on any atom is 0.171 e. The fourth-order valence-corrected chi connectivity index (χ4v) is 11.5. The lowest BCUT2D eigenvalue weighted by Gasteiger charge is -2.21. The molecule has 0 aliphatic heterocycles. The monoisotopic (exact) mass is 736 g/mol. The lowest BCUT2D eigenvalue weighted by molar-refractivity contribution is 0.592. The molecule has 0 unspecified atom stereocenters. The van der Waals surface area contributed by atoms with Crippen molar-refractivity contribution in [3.05, 3.63) is 211 Å². The number of aryl methyl sites for hydroxylation is 1. The quantitative estimate of drug-likeness (QED) is 0.118. The van der Waals surface area contributed by atoms with E-state index in [-0.39, 0.29) is 0 Å². The van der Waals surface area contributed by atoms with Crippen LogP contribution < -0.4 is 15.9 Å². The highest BCUT2D eigenvalue weighted by Crippen LogP contribution is 2.46. The third kappa shape index (κ3) is 6.01. The molecule has 0 aromatic heterocycles. The third-order valence-corrected chi connectivity index (χ3v) is 14.7. The predicted octanol–water partition coefficient (Wildman–Crippen LogP) is 13.3. The molecule has 0 spiro atoms. The summed E-state index contributed by atoms with van der Waals surface area (Å²) < 4.78 is 15.1. The Bertz CT molecular complexity index is 2850. The van der Waals surface area contributed by atoms with Gasteiger partial charge in [0.05, 0.1) is 0 Å². The third-order valence-electron chi connectivity index (χ3n) is 11.6. The molecule has 0 saturated carbocycles. The van der Waals surface area contributed by atoms with E-state index in [2.05, 4.69) is 140 Å². The SMILES string of the molecule is O=P(c1ccccc1)(c1ccccc1)c1ccc(-c2ccc3c(-c4ccc(C5=CCCC=C5)cc4)c4ccccc4c(-c4ccc5c(c4)C=CCC5)c3c2)cc1. The zero-order valence-corrected chi connectivity index (χ0v) is 32.1. The van der Waals surface area contributed by atoms with Gasteiger partial charge in [-0.15, -0.1) is 0 Å². The van der Waals surface area contributed by atoms with Gasteiger partial charge in [-0.25, -0.2) is 0 Å². The van der Waals surface area contributed by atoms with Crippen LogP contribution in [-0.4, -0.2) is 0 Å². The Kier molecular flexibility index (Phi) is 8.82. The van der Waals surface area contributed by atoms with Crippen LogP contribution in [0.5, 0.6) is 0 Å². The average molecular weight is 737 g/mol. The Morgan fingerprint density at radius 1 is 0.393 bits per heavy atom. The molecule has 1 nitrogen and oxygen atoms in total. The summed E-state index contributed by atoms with van der Waals surface area (Å²) in [5.41, 5.74) is 12.5. The highest BCUT2D eigenvalue weighted by atomic mass is 31.2. The maximum absolute atomic E-state index is 15.1. The van der Waals surface area contributed by atoms with Crippen LogP contribution in [0.4, 0.5) is 0 Å².